The second kappa shape index (κ2) is 7.95. The molecule has 1 saturated heterocycles. The first-order chi connectivity index (χ1) is 13.6. The van der Waals surface area contributed by atoms with E-state index in [0.29, 0.717) is 33.2 Å². The van der Waals surface area contributed by atoms with Crippen LogP contribution in [0, 0.1) is 0 Å². The number of hydroxylamine groups is 2. The second-order valence-electron chi connectivity index (χ2n) is 6.82. The maximum absolute atomic E-state index is 12.8. The van der Waals surface area contributed by atoms with Gasteiger partial charge in [-0.05, 0) is 29.1 Å². The van der Waals surface area contributed by atoms with Crippen LogP contribution in [0.4, 0.5) is 0 Å². The molecule has 0 aromatic heterocycles. The van der Waals surface area contributed by atoms with E-state index in [4.69, 9.17) is 9.47 Å². The van der Waals surface area contributed by atoms with Gasteiger partial charge in [0.05, 0.1) is 25.7 Å². The van der Waals surface area contributed by atoms with Crippen LogP contribution in [0.3, 0.4) is 0 Å². The van der Waals surface area contributed by atoms with E-state index in [-0.39, 0.29) is 11.7 Å². The molecule has 0 bridgehead atoms. The lowest BCUT2D eigenvalue weighted by atomic mass is 10.1. The average Bonchev–Trinajstić information content (AvgIpc) is 2.73. The molecule has 3 aliphatic rings. The molecule has 0 radical (unpaired) electrons. The van der Waals surface area contributed by atoms with Crippen LogP contribution in [-0.2, 0) is 4.79 Å². The van der Waals surface area contributed by atoms with E-state index < -0.39 is 0 Å². The van der Waals surface area contributed by atoms with Gasteiger partial charge >= 0.3 is 0 Å². The monoisotopic (exact) mass is 401 g/mol. The lowest BCUT2D eigenvalue weighted by molar-refractivity contribution is -0.124. The molecule has 4 rings (SSSR count). The van der Waals surface area contributed by atoms with Gasteiger partial charge in [0.1, 0.15) is 0 Å². The minimum Gasteiger partial charge on any atom is -0.493 e. The van der Waals surface area contributed by atoms with E-state index in [1.807, 2.05) is 29.3 Å². The van der Waals surface area contributed by atoms with Crippen molar-refractivity contribution < 1.29 is 19.5 Å². The Morgan fingerprint density at radius 3 is 2.57 bits per heavy atom. The number of methoxy groups -OCH3 is 2. The Balaban J connectivity index is 1.55. The third-order valence-corrected chi connectivity index (χ3v) is 6.67. The van der Waals surface area contributed by atoms with E-state index in [1.165, 1.54) is 5.06 Å². The predicted molar refractivity (Wildman–Crippen MR) is 109 cm³/mol. The first-order valence-corrected chi connectivity index (χ1v) is 10.3. The highest BCUT2D eigenvalue weighted by Gasteiger charge is 2.30. The molecule has 0 spiro atoms. The molecule has 0 saturated carbocycles. The van der Waals surface area contributed by atoms with Crippen LogP contribution in [0.1, 0.15) is 5.56 Å². The van der Waals surface area contributed by atoms with Gasteiger partial charge in [-0.25, -0.2) is 0 Å². The van der Waals surface area contributed by atoms with E-state index in [2.05, 4.69) is 17.1 Å². The van der Waals surface area contributed by atoms with Crippen LogP contribution in [0.25, 0.3) is 5.31 Å². The number of piperazine rings is 1. The van der Waals surface area contributed by atoms with Crippen molar-refractivity contribution in [1.82, 2.24) is 14.9 Å². The average molecular weight is 401 g/mol. The molecular formula is C20H24N3O4P. The Kier molecular flexibility index (Phi) is 5.40. The number of hydrogen-bond acceptors (Lipinski definition) is 6. The zero-order valence-corrected chi connectivity index (χ0v) is 17.0. The Bertz CT molecular complexity index is 859. The van der Waals surface area contributed by atoms with Crippen molar-refractivity contribution in [2.24, 2.45) is 0 Å². The van der Waals surface area contributed by atoms with Gasteiger partial charge in [-0.3, -0.25) is 4.79 Å². The fourth-order valence-electron chi connectivity index (χ4n) is 3.58. The van der Waals surface area contributed by atoms with Crippen LogP contribution in [0.5, 0.6) is 11.5 Å². The van der Waals surface area contributed by atoms with Crippen molar-refractivity contribution in [2.45, 2.75) is 5.78 Å². The lowest BCUT2D eigenvalue weighted by Gasteiger charge is -2.38. The number of ether oxygens (including phenoxy) is 2. The van der Waals surface area contributed by atoms with Gasteiger partial charge in [0.15, 0.2) is 11.5 Å². The molecule has 2 atom stereocenters. The van der Waals surface area contributed by atoms with Crippen molar-refractivity contribution in [1.29, 1.82) is 0 Å². The highest BCUT2D eigenvalue weighted by molar-refractivity contribution is 7.51. The number of amides is 1. The van der Waals surface area contributed by atoms with E-state index in [1.54, 1.807) is 20.3 Å². The molecule has 3 aliphatic heterocycles. The summed E-state index contributed by atoms with van der Waals surface area (Å²) in [5.74, 6) is 1.34. The van der Waals surface area contributed by atoms with Crippen molar-refractivity contribution in [3.8, 4) is 11.5 Å². The molecular weight excluding hydrogens is 377 g/mol. The molecule has 28 heavy (non-hydrogen) atoms. The van der Waals surface area contributed by atoms with Crippen molar-refractivity contribution in [2.75, 3.05) is 40.4 Å². The SMILES string of the molecule is COc1ccc(C2=CC(=O)N3C=C(N4CCN(O)CC4)C=CC3P2)cc1OC. The van der Waals surface area contributed by atoms with Gasteiger partial charge in [0, 0.05) is 38.5 Å². The lowest BCUT2D eigenvalue weighted by Crippen LogP contribution is -2.45. The Labute approximate surface area is 166 Å². The molecule has 3 heterocycles. The first-order valence-electron chi connectivity index (χ1n) is 9.21. The van der Waals surface area contributed by atoms with Crippen LogP contribution < -0.4 is 9.47 Å². The van der Waals surface area contributed by atoms with Gasteiger partial charge in [0.2, 0.25) is 0 Å². The number of fused-ring (bicyclic) bond motifs is 1. The molecule has 0 aliphatic carbocycles. The van der Waals surface area contributed by atoms with E-state index in [0.717, 1.165) is 29.7 Å². The number of rotatable bonds is 4. The smallest absolute Gasteiger partial charge is 0.252 e. The summed E-state index contributed by atoms with van der Waals surface area (Å²) < 4.78 is 10.7. The Hall–Kier alpha value is -2.34. The number of carbonyl (C=O) groups excluding carboxylic acids is 1. The summed E-state index contributed by atoms with van der Waals surface area (Å²) in [7, 11) is 3.67. The Morgan fingerprint density at radius 2 is 1.86 bits per heavy atom. The maximum Gasteiger partial charge on any atom is 0.252 e. The fraction of sp³-hybridized carbons (Fsp3) is 0.350. The van der Waals surface area contributed by atoms with Gasteiger partial charge in [-0.2, -0.15) is 5.06 Å². The standard InChI is InChI=1S/C20H24N3O4P/c1-26-16-5-3-14(11-17(16)27-2)18-12-19(24)23-13-15(4-6-20(23)28-18)21-7-9-22(25)10-8-21/h3-6,11-13,20,25,28H,7-10H2,1-2H3. The van der Waals surface area contributed by atoms with Crippen LogP contribution in [0.15, 0.2) is 48.3 Å². The van der Waals surface area contributed by atoms with Crippen LogP contribution in [0.2, 0.25) is 0 Å². The molecule has 8 heteroatoms. The second-order valence-corrected chi connectivity index (χ2v) is 8.24. The summed E-state index contributed by atoms with van der Waals surface area (Å²) in [5, 5.41) is 11.9. The van der Waals surface area contributed by atoms with E-state index in [9.17, 15) is 10.0 Å². The summed E-state index contributed by atoms with van der Waals surface area (Å²) in [6, 6.07) is 5.75. The summed E-state index contributed by atoms with van der Waals surface area (Å²) >= 11 is 0. The summed E-state index contributed by atoms with van der Waals surface area (Å²) in [5.41, 5.74) is 2.00. The van der Waals surface area contributed by atoms with Crippen molar-refractivity contribution >= 4 is 19.8 Å². The quantitative estimate of drug-likeness (QED) is 0.782. The van der Waals surface area contributed by atoms with Crippen molar-refractivity contribution in [3.63, 3.8) is 0 Å². The number of allylic oxidation sites excluding steroid dienone is 1. The minimum atomic E-state index is -0.0174. The molecule has 148 valence electrons. The van der Waals surface area contributed by atoms with Crippen LogP contribution >= 0.6 is 8.58 Å². The highest BCUT2D eigenvalue weighted by Crippen LogP contribution is 2.46. The summed E-state index contributed by atoms with van der Waals surface area (Å²) in [4.78, 5) is 16.8. The number of nitrogens with zero attached hydrogens (tertiary/aromatic N) is 3. The van der Waals surface area contributed by atoms with Crippen LogP contribution in [-0.4, -0.2) is 72.2 Å². The van der Waals surface area contributed by atoms with Gasteiger partial charge < -0.3 is 24.5 Å². The van der Waals surface area contributed by atoms with Gasteiger partial charge in [-0.1, -0.05) is 20.7 Å². The third kappa shape index (κ3) is 3.65. The number of carbonyl (C=O) groups is 1. The molecule has 1 N–H and O–H groups in total. The topological polar surface area (TPSA) is 65.5 Å². The first kappa shape index (κ1) is 19.0. The van der Waals surface area contributed by atoms with Gasteiger partial charge in [0.25, 0.3) is 5.91 Å². The summed E-state index contributed by atoms with van der Waals surface area (Å²) in [6.07, 6.45) is 7.85. The minimum absolute atomic E-state index is 0.0174. The zero-order chi connectivity index (χ0) is 19.7. The third-order valence-electron chi connectivity index (χ3n) is 5.16. The van der Waals surface area contributed by atoms with Crippen molar-refractivity contribution in [3.05, 3.63) is 53.9 Å². The number of hydrogen-bond donors (Lipinski definition) is 1. The normalized spacial score (nSPS) is 23.4. The molecule has 1 amide bonds. The maximum atomic E-state index is 12.8. The number of benzene rings is 1. The van der Waals surface area contributed by atoms with E-state index >= 15 is 0 Å². The fourth-order valence-corrected chi connectivity index (χ4v) is 4.96. The molecule has 1 fully saturated rings. The zero-order valence-electron chi connectivity index (χ0n) is 16.0. The molecule has 1 aromatic rings. The highest BCUT2D eigenvalue weighted by atomic mass is 31.1. The summed E-state index contributed by atoms with van der Waals surface area (Å²) in [6.45, 7) is 2.70. The van der Waals surface area contributed by atoms with Gasteiger partial charge in [-0.15, -0.1) is 0 Å². The Morgan fingerprint density at radius 1 is 1.11 bits per heavy atom. The predicted octanol–water partition coefficient (Wildman–Crippen LogP) is 2.31. The molecule has 2 unspecified atom stereocenters. The molecule has 1 aromatic carbocycles. The molecule has 7 nitrogen and oxygen atoms in total. The largest absolute Gasteiger partial charge is 0.493 e.